The van der Waals surface area contributed by atoms with E-state index in [4.69, 9.17) is 0 Å². The van der Waals surface area contributed by atoms with Gasteiger partial charge in [-0.1, -0.05) is 0 Å². The van der Waals surface area contributed by atoms with Gasteiger partial charge in [-0.15, -0.1) is 0 Å². The first-order chi connectivity index (χ1) is 7.05. The predicted molar refractivity (Wildman–Crippen MR) is 60.6 cm³/mol. The van der Waals surface area contributed by atoms with Crippen molar-refractivity contribution in [2.24, 2.45) is 5.41 Å². The standard InChI is InChI=1S/C12H22N2O/c1-10(2)14-7-4-5-12(9-14)6-8-13(3)11(12)15/h10H,4-9H2,1-3H3. The van der Waals surface area contributed by atoms with Gasteiger partial charge in [0.25, 0.3) is 0 Å². The number of hydrogen-bond donors (Lipinski definition) is 0. The van der Waals surface area contributed by atoms with E-state index in [9.17, 15) is 4.79 Å². The summed E-state index contributed by atoms with van der Waals surface area (Å²) in [6.07, 6.45) is 3.34. The summed E-state index contributed by atoms with van der Waals surface area (Å²) in [5.41, 5.74) is -0.0305. The third-order valence-electron chi connectivity index (χ3n) is 4.06. The Hall–Kier alpha value is -0.570. The summed E-state index contributed by atoms with van der Waals surface area (Å²) < 4.78 is 0. The molecule has 2 rings (SSSR count). The van der Waals surface area contributed by atoms with Crippen LogP contribution in [-0.2, 0) is 4.79 Å². The molecule has 1 amide bonds. The number of amides is 1. The van der Waals surface area contributed by atoms with Gasteiger partial charge in [0.1, 0.15) is 0 Å². The molecule has 0 N–H and O–H groups in total. The maximum atomic E-state index is 12.1. The van der Waals surface area contributed by atoms with Crippen molar-refractivity contribution >= 4 is 5.91 Å². The highest BCUT2D eigenvalue weighted by Crippen LogP contribution is 2.39. The number of likely N-dealkylation sites (tertiary alicyclic amines) is 2. The molecule has 2 fully saturated rings. The number of carbonyl (C=O) groups excluding carboxylic acids is 1. The first-order valence-electron chi connectivity index (χ1n) is 6.05. The van der Waals surface area contributed by atoms with Crippen LogP contribution in [0.3, 0.4) is 0 Å². The predicted octanol–water partition coefficient (Wildman–Crippen LogP) is 1.34. The highest BCUT2D eigenvalue weighted by molar-refractivity contribution is 5.85. The van der Waals surface area contributed by atoms with E-state index in [0.717, 1.165) is 32.5 Å². The van der Waals surface area contributed by atoms with Crippen molar-refractivity contribution < 1.29 is 4.79 Å². The van der Waals surface area contributed by atoms with E-state index >= 15 is 0 Å². The number of hydrogen-bond acceptors (Lipinski definition) is 2. The molecule has 2 aliphatic heterocycles. The Labute approximate surface area is 92.4 Å². The van der Waals surface area contributed by atoms with Gasteiger partial charge in [-0.05, 0) is 39.7 Å². The van der Waals surface area contributed by atoms with E-state index in [2.05, 4.69) is 18.7 Å². The Balaban J connectivity index is 2.12. The molecular weight excluding hydrogens is 188 g/mol. The van der Waals surface area contributed by atoms with Crippen LogP contribution >= 0.6 is 0 Å². The Kier molecular flexibility index (Phi) is 2.75. The van der Waals surface area contributed by atoms with Crippen LogP contribution < -0.4 is 0 Å². The Morgan fingerprint density at radius 3 is 2.53 bits per heavy atom. The van der Waals surface area contributed by atoms with Gasteiger partial charge in [-0.3, -0.25) is 9.69 Å². The zero-order chi connectivity index (χ0) is 11.1. The first-order valence-corrected chi connectivity index (χ1v) is 6.05. The summed E-state index contributed by atoms with van der Waals surface area (Å²) in [7, 11) is 1.94. The quantitative estimate of drug-likeness (QED) is 0.652. The summed E-state index contributed by atoms with van der Waals surface area (Å²) in [4.78, 5) is 16.5. The lowest BCUT2D eigenvalue weighted by atomic mass is 9.78. The molecule has 2 aliphatic rings. The lowest BCUT2D eigenvalue weighted by Gasteiger charge is -2.40. The molecule has 0 aromatic carbocycles. The van der Waals surface area contributed by atoms with E-state index < -0.39 is 0 Å². The zero-order valence-corrected chi connectivity index (χ0v) is 10.1. The molecule has 1 spiro atoms. The Bertz CT molecular complexity index is 260. The molecule has 15 heavy (non-hydrogen) atoms. The summed E-state index contributed by atoms with van der Waals surface area (Å²) in [6.45, 7) is 7.54. The number of rotatable bonds is 1. The number of piperidine rings is 1. The minimum absolute atomic E-state index is 0.0305. The number of carbonyl (C=O) groups is 1. The summed E-state index contributed by atoms with van der Waals surface area (Å²) in [5, 5.41) is 0. The van der Waals surface area contributed by atoms with Gasteiger partial charge in [0, 0.05) is 26.2 Å². The molecule has 2 saturated heterocycles. The fourth-order valence-electron chi connectivity index (χ4n) is 2.98. The van der Waals surface area contributed by atoms with Crippen LogP contribution in [0.5, 0.6) is 0 Å². The molecule has 3 nitrogen and oxygen atoms in total. The lowest BCUT2D eigenvalue weighted by molar-refractivity contribution is -0.138. The molecule has 1 atom stereocenters. The molecule has 2 heterocycles. The molecule has 0 aromatic heterocycles. The largest absolute Gasteiger partial charge is 0.345 e. The van der Waals surface area contributed by atoms with Gasteiger partial charge in [-0.25, -0.2) is 0 Å². The molecule has 86 valence electrons. The van der Waals surface area contributed by atoms with E-state index in [1.54, 1.807) is 0 Å². The van der Waals surface area contributed by atoms with Gasteiger partial charge in [0.05, 0.1) is 5.41 Å². The van der Waals surface area contributed by atoms with Crippen molar-refractivity contribution in [3.8, 4) is 0 Å². The van der Waals surface area contributed by atoms with E-state index in [-0.39, 0.29) is 5.41 Å². The van der Waals surface area contributed by atoms with Crippen molar-refractivity contribution in [2.45, 2.75) is 39.2 Å². The van der Waals surface area contributed by atoms with E-state index in [1.165, 1.54) is 6.42 Å². The second kappa shape index (κ2) is 3.78. The fourth-order valence-corrected chi connectivity index (χ4v) is 2.98. The molecule has 0 aromatic rings. The van der Waals surface area contributed by atoms with Crippen molar-refractivity contribution in [1.82, 2.24) is 9.80 Å². The topological polar surface area (TPSA) is 23.6 Å². The maximum absolute atomic E-state index is 12.1. The molecule has 3 heteroatoms. The normalized spacial score (nSPS) is 33.3. The van der Waals surface area contributed by atoms with Gasteiger partial charge < -0.3 is 4.90 Å². The average molecular weight is 210 g/mol. The smallest absolute Gasteiger partial charge is 0.229 e. The van der Waals surface area contributed by atoms with Crippen LogP contribution in [0.15, 0.2) is 0 Å². The van der Waals surface area contributed by atoms with Gasteiger partial charge in [0.2, 0.25) is 5.91 Å². The SMILES string of the molecule is CC(C)N1CCCC2(CCN(C)C2=O)C1. The highest BCUT2D eigenvalue weighted by atomic mass is 16.2. The minimum Gasteiger partial charge on any atom is -0.345 e. The molecule has 0 saturated carbocycles. The summed E-state index contributed by atoms with van der Waals surface area (Å²) >= 11 is 0. The van der Waals surface area contributed by atoms with Crippen LogP contribution in [0.25, 0.3) is 0 Å². The fraction of sp³-hybridized carbons (Fsp3) is 0.917. The number of nitrogens with zero attached hydrogens (tertiary/aromatic N) is 2. The van der Waals surface area contributed by atoms with Crippen molar-refractivity contribution in [3.63, 3.8) is 0 Å². The van der Waals surface area contributed by atoms with Crippen LogP contribution in [0.4, 0.5) is 0 Å². The molecule has 0 radical (unpaired) electrons. The van der Waals surface area contributed by atoms with Crippen LogP contribution in [0.2, 0.25) is 0 Å². The Morgan fingerprint density at radius 1 is 1.27 bits per heavy atom. The first kappa shape index (κ1) is 10.9. The molecule has 1 unspecified atom stereocenters. The highest BCUT2D eigenvalue weighted by Gasteiger charge is 2.47. The van der Waals surface area contributed by atoms with Crippen molar-refractivity contribution in [1.29, 1.82) is 0 Å². The van der Waals surface area contributed by atoms with Gasteiger partial charge in [-0.2, -0.15) is 0 Å². The van der Waals surface area contributed by atoms with E-state index in [1.807, 2.05) is 11.9 Å². The summed E-state index contributed by atoms with van der Waals surface area (Å²) in [6, 6.07) is 0.570. The van der Waals surface area contributed by atoms with Crippen LogP contribution in [-0.4, -0.2) is 48.4 Å². The molecular formula is C12H22N2O. The van der Waals surface area contributed by atoms with E-state index in [0.29, 0.717) is 11.9 Å². The second-order valence-corrected chi connectivity index (χ2v) is 5.42. The van der Waals surface area contributed by atoms with Crippen molar-refractivity contribution in [2.75, 3.05) is 26.7 Å². The third kappa shape index (κ3) is 1.78. The third-order valence-corrected chi connectivity index (χ3v) is 4.06. The summed E-state index contributed by atoms with van der Waals surface area (Å²) in [5.74, 6) is 0.382. The molecule has 0 bridgehead atoms. The van der Waals surface area contributed by atoms with Gasteiger partial charge >= 0.3 is 0 Å². The zero-order valence-electron chi connectivity index (χ0n) is 10.1. The lowest BCUT2D eigenvalue weighted by Crippen LogP contribution is -2.49. The monoisotopic (exact) mass is 210 g/mol. The second-order valence-electron chi connectivity index (χ2n) is 5.42. The van der Waals surface area contributed by atoms with Gasteiger partial charge in [0.15, 0.2) is 0 Å². The van der Waals surface area contributed by atoms with Crippen LogP contribution in [0, 0.1) is 5.41 Å². The van der Waals surface area contributed by atoms with Crippen LogP contribution in [0.1, 0.15) is 33.1 Å². The average Bonchev–Trinajstić information content (AvgIpc) is 2.48. The minimum atomic E-state index is -0.0305. The molecule has 0 aliphatic carbocycles. The van der Waals surface area contributed by atoms with Crippen molar-refractivity contribution in [3.05, 3.63) is 0 Å². The maximum Gasteiger partial charge on any atom is 0.229 e. The Morgan fingerprint density at radius 2 is 2.00 bits per heavy atom.